The summed E-state index contributed by atoms with van der Waals surface area (Å²) in [6, 6.07) is -0.355. The van der Waals surface area contributed by atoms with Gasteiger partial charge in [0, 0.05) is 12.5 Å². The van der Waals surface area contributed by atoms with Crippen LogP contribution in [-0.2, 0) is 14.3 Å². The van der Waals surface area contributed by atoms with Crippen molar-refractivity contribution in [2.24, 2.45) is 17.6 Å². The summed E-state index contributed by atoms with van der Waals surface area (Å²) in [6.07, 6.45) is 3.84. The van der Waals surface area contributed by atoms with E-state index >= 15 is 0 Å². The van der Waals surface area contributed by atoms with Crippen LogP contribution >= 0.6 is 0 Å². The molecule has 0 radical (unpaired) electrons. The van der Waals surface area contributed by atoms with Gasteiger partial charge in [0.25, 0.3) is 0 Å². The van der Waals surface area contributed by atoms with Crippen molar-refractivity contribution in [3.05, 3.63) is 0 Å². The monoisotopic (exact) mass is 284 g/mol. The molecule has 1 aliphatic rings. The highest BCUT2D eigenvalue weighted by Crippen LogP contribution is 2.29. The maximum Gasteiger partial charge on any atom is 0.305 e. The summed E-state index contributed by atoms with van der Waals surface area (Å²) >= 11 is 0. The molecule has 20 heavy (non-hydrogen) atoms. The highest BCUT2D eigenvalue weighted by Gasteiger charge is 2.31. The number of nitrogens with one attached hydrogen (secondary N) is 1. The van der Waals surface area contributed by atoms with Crippen molar-refractivity contribution in [2.75, 3.05) is 6.61 Å². The summed E-state index contributed by atoms with van der Waals surface area (Å²) in [4.78, 5) is 23.4. The number of hydrogen-bond acceptors (Lipinski definition) is 4. The van der Waals surface area contributed by atoms with Crippen LogP contribution in [-0.4, -0.2) is 30.6 Å². The van der Waals surface area contributed by atoms with Gasteiger partial charge in [-0.3, -0.25) is 9.59 Å². The zero-order chi connectivity index (χ0) is 15.1. The number of nitrogens with two attached hydrogens (primary N) is 1. The Balaban J connectivity index is 2.19. The highest BCUT2D eigenvalue weighted by atomic mass is 16.5. The van der Waals surface area contributed by atoms with Gasteiger partial charge in [-0.1, -0.05) is 27.2 Å². The lowest BCUT2D eigenvalue weighted by atomic mass is 9.78. The van der Waals surface area contributed by atoms with Crippen molar-refractivity contribution < 1.29 is 14.3 Å². The van der Waals surface area contributed by atoms with E-state index in [0.29, 0.717) is 24.9 Å². The van der Waals surface area contributed by atoms with E-state index in [1.54, 1.807) is 0 Å². The molecule has 1 fully saturated rings. The third-order valence-corrected chi connectivity index (χ3v) is 3.84. The zero-order valence-electron chi connectivity index (χ0n) is 12.9. The minimum Gasteiger partial charge on any atom is -0.465 e. The molecule has 5 heteroatoms. The average molecular weight is 284 g/mol. The Kier molecular flexibility index (Phi) is 6.99. The van der Waals surface area contributed by atoms with Gasteiger partial charge in [-0.15, -0.1) is 0 Å². The number of amides is 1. The van der Waals surface area contributed by atoms with Crippen LogP contribution in [0.5, 0.6) is 0 Å². The van der Waals surface area contributed by atoms with Crippen LogP contribution in [0.2, 0.25) is 0 Å². The number of carbonyl (C=O) groups is 2. The first-order valence-corrected chi connectivity index (χ1v) is 7.65. The van der Waals surface area contributed by atoms with E-state index in [1.165, 1.54) is 6.42 Å². The van der Waals surface area contributed by atoms with Gasteiger partial charge in [0.15, 0.2) is 0 Å². The molecule has 0 bridgehead atoms. The maximum atomic E-state index is 11.9. The predicted molar refractivity (Wildman–Crippen MR) is 78.0 cm³/mol. The second-order valence-corrected chi connectivity index (χ2v) is 6.08. The summed E-state index contributed by atoms with van der Waals surface area (Å²) in [6.45, 7) is 6.51. The smallest absolute Gasteiger partial charge is 0.305 e. The zero-order valence-corrected chi connectivity index (χ0v) is 12.9. The second-order valence-electron chi connectivity index (χ2n) is 6.08. The van der Waals surface area contributed by atoms with Gasteiger partial charge in [0.1, 0.15) is 0 Å². The van der Waals surface area contributed by atoms with Gasteiger partial charge in [0.05, 0.1) is 12.6 Å². The van der Waals surface area contributed by atoms with Gasteiger partial charge in [-0.2, -0.15) is 0 Å². The second kappa shape index (κ2) is 8.25. The molecule has 0 aromatic heterocycles. The van der Waals surface area contributed by atoms with Crippen LogP contribution in [0.3, 0.4) is 0 Å². The van der Waals surface area contributed by atoms with Gasteiger partial charge in [0.2, 0.25) is 5.91 Å². The van der Waals surface area contributed by atoms with E-state index < -0.39 is 6.04 Å². The lowest BCUT2D eigenvalue weighted by Gasteiger charge is -2.37. The minimum atomic E-state index is -0.625. The molecule has 116 valence electrons. The first kappa shape index (κ1) is 17.0. The summed E-state index contributed by atoms with van der Waals surface area (Å²) in [5.41, 5.74) is 5.82. The van der Waals surface area contributed by atoms with E-state index in [9.17, 15) is 9.59 Å². The highest BCUT2D eigenvalue weighted by molar-refractivity contribution is 5.82. The summed E-state index contributed by atoms with van der Waals surface area (Å²) in [5, 5.41) is 2.98. The van der Waals surface area contributed by atoms with Crippen molar-refractivity contribution >= 4 is 11.9 Å². The molecular formula is C15H28N2O3. The van der Waals surface area contributed by atoms with Crippen LogP contribution in [0.1, 0.15) is 52.9 Å². The topological polar surface area (TPSA) is 81.4 Å². The Labute approximate surface area is 121 Å². The summed E-state index contributed by atoms with van der Waals surface area (Å²) in [5.74, 6) is 0.476. The molecule has 1 rings (SSSR count). The first-order valence-electron chi connectivity index (χ1n) is 7.65. The number of carbonyl (C=O) groups excluding carboxylic acids is 2. The minimum absolute atomic E-state index is 0.148. The Morgan fingerprint density at radius 1 is 1.35 bits per heavy atom. The Morgan fingerprint density at radius 3 is 2.55 bits per heavy atom. The fourth-order valence-electron chi connectivity index (χ4n) is 2.27. The average Bonchev–Trinajstić information content (AvgIpc) is 2.38. The Morgan fingerprint density at radius 2 is 2.05 bits per heavy atom. The van der Waals surface area contributed by atoms with E-state index in [-0.39, 0.29) is 24.3 Å². The molecule has 0 heterocycles. The van der Waals surface area contributed by atoms with Crippen molar-refractivity contribution in [3.8, 4) is 0 Å². The molecule has 1 amide bonds. The van der Waals surface area contributed by atoms with Crippen molar-refractivity contribution in [3.63, 3.8) is 0 Å². The molecule has 0 aromatic rings. The van der Waals surface area contributed by atoms with Crippen LogP contribution < -0.4 is 11.1 Å². The Bertz CT molecular complexity index is 329. The quantitative estimate of drug-likeness (QED) is 0.663. The van der Waals surface area contributed by atoms with Crippen LogP contribution in [0.15, 0.2) is 0 Å². The molecule has 1 unspecified atom stereocenters. The predicted octanol–water partition coefficient (Wildman–Crippen LogP) is 1.60. The fourth-order valence-corrected chi connectivity index (χ4v) is 2.27. The Hall–Kier alpha value is -1.10. The molecule has 0 aliphatic heterocycles. The molecule has 5 nitrogen and oxygen atoms in total. The number of esters is 1. The number of ether oxygens (including phenoxy) is 1. The van der Waals surface area contributed by atoms with Crippen LogP contribution in [0, 0.1) is 11.8 Å². The van der Waals surface area contributed by atoms with Gasteiger partial charge < -0.3 is 15.8 Å². The molecule has 3 atom stereocenters. The van der Waals surface area contributed by atoms with Gasteiger partial charge in [-0.25, -0.2) is 0 Å². The van der Waals surface area contributed by atoms with E-state index in [4.69, 9.17) is 10.5 Å². The fraction of sp³-hybridized carbons (Fsp3) is 0.867. The lowest BCUT2D eigenvalue weighted by Crippen LogP contribution is -2.51. The SMILES string of the molecule is CCC1CC[C@@H]1NC(=O)[C@@H](N)CCC(=O)OCC(C)C. The van der Waals surface area contributed by atoms with E-state index in [1.807, 2.05) is 13.8 Å². The van der Waals surface area contributed by atoms with E-state index in [2.05, 4.69) is 12.2 Å². The van der Waals surface area contributed by atoms with Gasteiger partial charge in [-0.05, 0) is 31.1 Å². The third kappa shape index (κ3) is 5.49. The van der Waals surface area contributed by atoms with Crippen molar-refractivity contribution in [2.45, 2.75) is 65.0 Å². The van der Waals surface area contributed by atoms with Crippen LogP contribution in [0.4, 0.5) is 0 Å². The molecular weight excluding hydrogens is 256 g/mol. The lowest BCUT2D eigenvalue weighted by molar-refractivity contribution is -0.145. The molecule has 1 saturated carbocycles. The van der Waals surface area contributed by atoms with Crippen LogP contribution in [0.25, 0.3) is 0 Å². The van der Waals surface area contributed by atoms with E-state index in [0.717, 1.165) is 12.8 Å². The summed E-state index contributed by atoms with van der Waals surface area (Å²) in [7, 11) is 0. The first-order chi connectivity index (χ1) is 9.43. The van der Waals surface area contributed by atoms with Crippen molar-refractivity contribution in [1.82, 2.24) is 5.32 Å². The molecule has 3 N–H and O–H groups in total. The number of hydrogen-bond donors (Lipinski definition) is 2. The molecule has 1 aliphatic carbocycles. The van der Waals surface area contributed by atoms with Crippen molar-refractivity contribution in [1.29, 1.82) is 0 Å². The maximum absolute atomic E-state index is 11.9. The molecule has 0 spiro atoms. The normalized spacial score (nSPS) is 23.1. The molecule has 0 aromatic carbocycles. The van der Waals surface area contributed by atoms with Gasteiger partial charge >= 0.3 is 5.97 Å². The summed E-state index contributed by atoms with van der Waals surface area (Å²) < 4.78 is 5.06. The largest absolute Gasteiger partial charge is 0.465 e. The number of rotatable bonds is 8. The third-order valence-electron chi connectivity index (χ3n) is 3.84. The standard InChI is InChI=1S/C15H28N2O3/c1-4-11-5-7-13(11)17-15(19)12(16)6-8-14(18)20-9-10(2)3/h10-13H,4-9,16H2,1-3H3,(H,17,19)/t11?,12-,13-/m0/s1. The molecule has 0 saturated heterocycles.